The third-order valence-electron chi connectivity index (χ3n) is 8.65. The molecule has 0 bridgehead atoms. The molecule has 0 saturated carbocycles. The Kier molecular flexibility index (Phi) is 16.1. The predicted molar refractivity (Wildman–Crippen MR) is 189 cm³/mol. The Morgan fingerprint density at radius 3 is 1.95 bits per heavy atom. The van der Waals surface area contributed by atoms with Gasteiger partial charge >= 0.3 is 0 Å². The normalized spacial score (nSPS) is 12.0. The summed E-state index contributed by atoms with van der Waals surface area (Å²) in [5.41, 5.74) is 10.7. The van der Waals surface area contributed by atoms with Crippen LogP contribution in [0.3, 0.4) is 0 Å². The van der Waals surface area contributed by atoms with Gasteiger partial charge in [-0.25, -0.2) is 0 Å². The Labute approximate surface area is 264 Å². The minimum Gasteiger partial charge on any atom is -0.0910 e. The fourth-order valence-electron chi connectivity index (χ4n) is 6.15. The number of hydrogen-bond donors (Lipinski definition) is 0. The lowest BCUT2D eigenvalue weighted by Gasteiger charge is -2.13. The van der Waals surface area contributed by atoms with E-state index in [4.69, 9.17) is 5.11 Å². The Morgan fingerprint density at radius 2 is 1.30 bits per heavy atom. The molecule has 0 atom stereocenters. The maximum Gasteiger partial charge on any atom is 0.196 e. The molecule has 0 aromatic heterocycles. The molecule has 0 N–H and O–H groups in total. The van der Waals surface area contributed by atoms with Gasteiger partial charge in [0.05, 0.1) is 0 Å². The first kappa shape index (κ1) is 34.5. The minimum atomic E-state index is 0.829. The first-order valence-corrected chi connectivity index (χ1v) is 17.6. The molecule has 0 aliphatic carbocycles. The van der Waals surface area contributed by atoms with Gasteiger partial charge in [-0.05, 0) is 102 Å². The largest absolute Gasteiger partial charge is 0.196 e. The van der Waals surface area contributed by atoms with Crippen LogP contribution in [0, 0.1) is 6.92 Å². The summed E-state index contributed by atoms with van der Waals surface area (Å²) in [5.74, 6) is 0. The Bertz CT molecular complexity index is 1270. The third-order valence-corrected chi connectivity index (χ3v) is 8.65. The van der Waals surface area contributed by atoms with E-state index < -0.39 is 0 Å². The summed E-state index contributed by atoms with van der Waals surface area (Å²) in [4.78, 5) is 0. The molecule has 232 valence electrons. The standard InChI is InChI=1S/C41H59N2/c1-6-10-12-14-16-19-23-35-31-39(37-24-21-18-22-25-37)33-40(32-35)42-43(9-4)28-27-36-29-34(5)41(8-3)38(30-36)26-20-17-15-13-11-7-2/h18,21-22,24-25,27-33H,6-17,19-20,23,26H2,1-5H3/q+1. The molecule has 0 fully saturated rings. The molecule has 2 heteroatoms. The predicted octanol–water partition coefficient (Wildman–Crippen LogP) is 12.8. The van der Waals surface area contributed by atoms with E-state index in [0.29, 0.717) is 0 Å². The SMILES string of the molecule is CCCCCCCCc1cc(N=[N+](C=Cc2cc(C)c(CC)c(CCCCCCCC)c2)CC)cc(-c2ccccc2)c1. The van der Waals surface area contributed by atoms with Gasteiger partial charge in [-0.1, -0.05) is 138 Å². The number of nitrogens with zero attached hydrogens (tertiary/aromatic N) is 2. The van der Waals surface area contributed by atoms with Crippen LogP contribution in [0.1, 0.15) is 133 Å². The second kappa shape index (κ2) is 20.0. The molecule has 0 aliphatic rings. The van der Waals surface area contributed by atoms with Crippen molar-refractivity contribution in [2.45, 2.75) is 131 Å². The van der Waals surface area contributed by atoms with Crippen molar-refractivity contribution in [2.24, 2.45) is 5.11 Å². The molecule has 0 spiro atoms. The van der Waals surface area contributed by atoms with E-state index in [1.807, 2.05) is 0 Å². The van der Waals surface area contributed by atoms with Crippen LogP contribution >= 0.6 is 0 Å². The van der Waals surface area contributed by atoms with Gasteiger partial charge in [-0.15, -0.1) is 0 Å². The highest BCUT2D eigenvalue weighted by Gasteiger charge is 2.09. The zero-order valence-electron chi connectivity index (χ0n) is 28.1. The van der Waals surface area contributed by atoms with E-state index >= 15 is 0 Å². The van der Waals surface area contributed by atoms with Gasteiger partial charge in [0.1, 0.15) is 5.69 Å². The molecule has 43 heavy (non-hydrogen) atoms. The Hall–Kier alpha value is -3.00. The van der Waals surface area contributed by atoms with Crippen molar-refractivity contribution < 1.29 is 4.70 Å². The topological polar surface area (TPSA) is 15.4 Å². The maximum absolute atomic E-state index is 5.12. The fourth-order valence-corrected chi connectivity index (χ4v) is 6.15. The van der Waals surface area contributed by atoms with Crippen LogP contribution in [-0.2, 0) is 19.3 Å². The molecule has 2 nitrogen and oxygen atoms in total. The molecule has 0 unspecified atom stereocenters. The third kappa shape index (κ3) is 12.3. The summed E-state index contributed by atoms with van der Waals surface area (Å²) in [6.07, 6.45) is 23.8. The zero-order chi connectivity index (χ0) is 30.7. The number of hydrogen-bond acceptors (Lipinski definition) is 1. The monoisotopic (exact) mass is 579 g/mol. The summed E-state index contributed by atoms with van der Waals surface area (Å²) >= 11 is 0. The highest BCUT2D eigenvalue weighted by atomic mass is 15.2. The second-order valence-corrected chi connectivity index (χ2v) is 12.3. The number of aryl methyl sites for hydroxylation is 3. The van der Waals surface area contributed by atoms with Crippen LogP contribution in [0.5, 0.6) is 0 Å². The lowest BCUT2D eigenvalue weighted by Crippen LogP contribution is -2.00. The van der Waals surface area contributed by atoms with E-state index in [9.17, 15) is 0 Å². The molecule has 0 heterocycles. The van der Waals surface area contributed by atoms with E-state index in [1.54, 1.807) is 5.56 Å². The maximum atomic E-state index is 5.12. The Morgan fingerprint density at radius 1 is 0.651 bits per heavy atom. The van der Waals surface area contributed by atoms with Gasteiger partial charge in [0.2, 0.25) is 0 Å². The minimum absolute atomic E-state index is 0.829. The number of azo groups is 2. The lowest BCUT2D eigenvalue weighted by molar-refractivity contribution is -0.519. The first-order chi connectivity index (χ1) is 21.1. The van der Waals surface area contributed by atoms with Crippen molar-refractivity contribution in [3.05, 3.63) is 94.7 Å². The molecule has 3 rings (SSSR count). The van der Waals surface area contributed by atoms with Crippen molar-refractivity contribution in [3.63, 3.8) is 0 Å². The molecule has 0 aliphatic heterocycles. The van der Waals surface area contributed by atoms with Crippen molar-refractivity contribution >= 4 is 11.8 Å². The first-order valence-electron chi connectivity index (χ1n) is 17.6. The number of unbranched alkanes of at least 4 members (excludes halogenated alkanes) is 10. The lowest BCUT2D eigenvalue weighted by atomic mass is 9.93. The van der Waals surface area contributed by atoms with Crippen molar-refractivity contribution in [1.29, 1.82) is 0 Å². The van der Waals surface area contributed by atoms with Crippen LogP contribution in [0.25, 0.3) is 17.2 Å². The van der Waals surface area contributed by atoms with Crippen molar-refractivity contribution in [2.75, 3.05) is 6.54 Å². The summed E-state index contributed by atoms with van der Waals surface area (Å²) in [6, 6.07) is 22.4. The van der Waals surface area contributed by atoms with Gasteiger partial charge in [-0.2, -0.15) is 0 Å². The van der Waals surface area contributed by atoms with Crippen LogP contribution in [-0.4, -0.2) is 11.2 Å². The molecule has 0 amide bonds. The molecular weight excluding hydrogens is 520 g/mol. The van der Waals surface area contributed by atoms with E-state index in [1.165, 1.54) is 117 Å². The van der Waals surface area contributed by atoms with Crippen LogP contribution in [0.2, 0.25) is 0 Å². The number of benzene rings is 3. The summed E-state index contributed by atoms with van der Waals surface area (Å²) in [5, 5.41) is 5.12. The average Bonchev–Trinajstić information content (AvgIpc) is 3.03. The van der Waals surface area contributed by atoms with Gasteiger partial charge in [0, 0.05) is 6.08 Å². The van der Waals surface area contributed by atoms with E-state index in [-0.39, 0.29) is 0 Å². The highest BCUT2D eigenvalue weighted by molar-refractivity contribution is 5.68. The zero-order valence-corrected chi connectivity index (χ0v) is 28.1. The summed E-state index contributed by atoms with van der Waals surface area (Å²) in [6.45, 7) is 12.2. The molecule has 0 radical (unpaired) electrons. The van der Waals surface area contributed by atoms with Gasteiger partial charge in [0.15, 0.2) is 12.7 Å². The summed E-state index contributed by atoms with van der Waals surface area (Å²) < 4.78 is 2.09. The average molecular weight is 580 g/mol. The van der Waals surface area contributed by atoms with E-state index in [0.717, 1.165) is 25.1 Å². The van der Waals surface area contributed by atoms with Gasteiger partial charge in [-0.3, -0.25) is 0 Å². The van der Waals surface area contributed by atoms with Crippen LogP contribution in [0.4, 0.5) is 5.69 Å². The van der Waals surface area contributed by atoms with Gasteiger partial charge in [0.25, 0.3) is 0 Å². The molecular formula is C41H59N2+. The molecule has 3 aromatic rings. The molecule has 0 saturated heterocycles. The van der Waals surface area contributed by atoms with Crippen molar-refractivity contribution in [1.82, 2.24) is 0 Å². The fraction of sp³-hybridized carbons (Fsp3) is 0.512. The van der Waals surface area contributed by atoms with Crippen LogP contribution < -0.4 is 0 Å². The number of rotatable bonds is 20. The Balaban J connectivity index is 1.79. The van der Waals surface area contributed by atoms with E-state index in [2.05, 4.69) is 112 Å². The smallest absolute Gasteiger partial charge is 0.0910 e. The van der Waals surface area contributed by atoms with Gasteiger partial charge < -0.3 is 0 Å². The van der Waals surface area contributed by atoms with Crippen molar-refractivity contribution in [3.8, 4) is 11.1 Å². The molecule has 3 aromatic carbocycles. The second-order valence-electron chi connectivity index (χ2n) is 12.3. The highest BCUT2D eigenvalue weighted by Crippen LogP contribution is 2.28. The summed E-state index contributed by atoms with van der Waals surface area (Å²) in [7, 11) is 0. The van der Waals surface area contributed by atoms with Crippen LogP contribution in [0.15, 0.2) is 72.0 Å². The quantitative estimate of drug-likeness (QED) is 0.0718.